The highest BCUT2D eigenvalue weighted by atomic mass is 79.9. The molecule has 0 fully saturated rings. The molecule has 0 aliphatic carbocycles. The van der Waals surface area contributed by atoms with E-state index < -0.39 is 10.0 Å². The van der Waals surface area contributed by atoms with Crippen molar-refractivity contribution in [2.75, 3.05) is 21.3 Å². The first-order valence-corrected chi connectivity index (χ1v) is 9.05. The highest BCUT2D eigenvalue weighted by Gasteiger charge is 2.23. The van der Waals surface area contributed by atoms with E-state index in [-0.39, 0.29) is 11.4 Å². The summed E-state index contributed by atoms with van der Waals surface area (Å²) in [5.41, 5.74) is 0.681. The number of nitrogens with zero attached hydrogens (tertiary/aromatic N) is 1. The highest BCUT2D eigenvalue weighted by Crippen LogP contribution is 2.30. The fourth-order valence-corrected chi connectivity index (χ4v) is 3.58. The molecule has 124 valence electrons. The van der Waals surface area contributed by atoms with Crippen LogP contribution in [0, 0.1) is 0 Å². The number of ether oxygens (including phenoxy) is 2. The van der Waals surface area contributed by atoms with Crippen molar-refractivity contribution in [2.45, 2.75) is 11.4 Å². The average Bonchev–Trinajstić information content (AvgIpc) is 2.55. The number of halogens is 1. The SMILES string of the molecule is COc1cccc(OC)c1CN(C)S(=O)(=O)c1ccc(Br)cc1. The van der Waals surface area contributed by atoms with Crippen molar-refractivity contribution in [3.8, 4) is 11.5 Å². The summed E-state index contributed by atoms with van der Waals surface area (Å²) in [5.74, 6) is 1.17. The molecule has 0 unspecified atom stereocenters. The van der Waals surface area contributed by atoms with Gasteiger partial charge >= 0.3 is 0 Å². The monoisotopic (exact) mass is 399 g/mol. The Morgan fingerprint density at radius 2 is 1.52 bits per heavy atom. The second kappa shape index (κ2) is 7.33. The van der Waals surface area contributed by atoms with Gasteiger partial charge in [-0.15, -0.1) is 0 Å². The Hall–Kier alpha value is -1.57. The molecule has 0 radical (unpaired) electrons. The predicted molar refractivity (Wildman–Crippen MR) is 92.3 cm³/mol. The molecular formula is C16H18BrNO4S. The van der Waals surface area contributed by atoms with E-state index in [1.165, 1.54) is 11.4 Å². The van der Waals surface area contributed by atoms with E-state index in [0.717, 1.165) is 4.47 Å². The molecule has 0 spiro atoms. The van der Waals surface area contributed by atoms with E-state index in [9.17, 15) is 8.42 Å². The number of rotatable bonds is 6. The van der Waals surface area contributed by atoms with Crippen LogP contribution in [0.4, 0.5) is 0 Å². The average molecular weight is 400 g/mol. The van der Waals surface area contributed by atoms with Crippen molar-refractivity contribution < 1.29 is 17.9 Å². The summed E-state index contributed by atoms with van der Waals surface area (Å²) in [4.78, 5) is 0.233. The maximum atomic E-state index is 12.7. The topological polar surface area (TPSA) is 55.8 Å². The molecule has 23 heavy (non-hydrogen) atoms. The van der Waals surface area contributed by atoms with Crippen molar-refractivity contribution in [3.05, 3.63) is 52.5 Å². The lowest BCUT2D eigenvalue weighted by atomic mass is 10.1. The Morgan fingerprint density at radius 1 is 1.00 bits per heavy atom. The maximum Gasteiger partial charge on any atom is 0.243 e. The first-order chi connectivity index (χ1) is 10.9. The fourth-order valence-electron chi connectivity index (χ4n) is 2.18. The summed E-state index contributed by atoms with van der Waals surface area (Å²) in [6.07, 6.45) is 0. The zero-order valence-electron chi connectivity index (χ0n) is 13.1. The molecule has 0 aliphatic heterocycles. The van der Waals surface area contributed by atoms with Crippen LogP contribution in [-0.4, -0.2) is 34.0 Å². The lowest BCUT2D eigenvalue weighted by Crippen LogP contribution is -2.27. The Labute approximate surface area is 145 Å². The number of sulfonamides is 1. The van der Waals surface area contributed by atoms with Gasteiger partial charge in [0.2, 0.25) is 10.0 Å². The van der Waals surface area contributed by atoms with Gasteiger partial charge in [-0.1, -0.05) is 22.0 Å². The number of hydrogen-bond donors (Lipinski definition) is 0. The zero-order chi connectivity index (χ0) is 17.0. The summed E-state index contributed by atoms with van der Waals surface area (Å²) in [5, 5.41) is 0. The van der Waals surface area contributed by atoms with E-state index in [1.54, 1.807) is 56.7 Å². The molecule has 7 heteroatoms. The first-order valence-electron chi connectivity index (χ1n) is 6.82. The second-order valence-electron chi connectivity index (χ2n) is 4.86. The molecule has 2 aromatic rings. The van der Waals surface area contributed by atoms with Gasteiger partial charge in [0.1, 0.15) is 11.5 Å². The van der Waals surface area contributed by atoms with Gasteiger partial charge in [-0.25, -0.2) is 8.42 Å². The van der Waals surface area contributed by atoms with Gasteiger partial charge in [0.15, 0.2) is 0 Å². The number of hydrogen-bond acceptors (Lipinski definition) is 4. The molecule has 0 saturated heterocycles. The van der Waals surface area contributed by atoms with Crippen LogP contribution in [0.5, 0.6) is 11.5 Å². The molecular weight excluding hydrogens is 382 g/mol. The zero-order valence-corrected chi connectivity index (χ0v) is 15.5. The molecule has 0 atom stereocenters. The van der Waals surface area contributed by atoms with Gasteiger partial charge in [-0.3, -0.25) is 0 Å². The molecule has 0 aromatic heterocycles. The van der Waals surface area contributed by atoms with Gasteiger partial charge in [-0.2, -0.15) is 4.31 Å². The van der Waals surface area contributed by atoms with Gasteiger partial charge in [-0.05, 0) is 36.4 Å². The van der Waals surface area contributed by atoms with Gasteiger partial charge in [0.25, 0.3) is 0 Å². The van der Waals surface area contributed by atoms with Crippen LogP contribution < -0.4 is 9.47 Å². The van der Waals surface area contributed by atoms with Crippen LogP contribution >= 0.6 is 15.9 Å². The van der Waals surface area contributed by atoms with Crippen molar-refractivity contribution >= 4 is 26.0 Å². The minimum atomic E-state index is -3.60. The standard InChI is InChI=1S/C16H18BrNO4S/c1-18(23(19,20)13-9-7-12(17)8-10-13)11-14-15(21-2)5-4-6-16(14)22-3/h4-10H,11H2,1-3H3. The Kier molecular flexibility index (Phi) is 5.67. The van der Waals surface area contributed by atoms with E-state index in [0.29, 0.717) is 17.1 Å². The first kappa shape index (κ1) is 17.8. The van der Waals surface area contributed by atoms with Crippen LogP contribution in [0.1, 0.15) is 5.56 Å². The molecule has 0 N–H and O–H groups in total. The van der Waals surface area contributed by atoms with Crippen LogP contribution in [0.3, 0.4) is 0 Å². The van der Waals surface area contributed by atoms with Crippen molar-refractivity contribution in [1.29, 1.82) is 0 Å². The Morgan fingerprint density at radius 3 is 2.00 bits per heavy atom. The van der Waals surface area contributed by atoms with E-state index >= 15 is 0 Å². The van der Waals surface area contributed by atoms with E-state index in [2.05, 4.69) is 15.9 Å². The van der Waals surface area contributed by atoms with Crippen LogP contribution in [-0.2, 0) is 16.6 Å². The third-order valence-electron chi connectivity index (χ3n) is 3.43. The minimum absolute atomic E-state index is 0.144. The Balaban J connectivity index is 2.35. The van der Waals surface area contributed by atoms with Crippen LogP contribution in [0.25, 0.3) is 0 Å². The van der Waals surface area contributed by atoms with E-state index in [4.69, 9.17) is 9.47 Å². The van der Waals surface area contributed by atoms with Crippen LogP contribution in [0.2, 0.25) is 0 Å². The molecule has 0 saturated carbocycles. The molecule has 2 aromatic carbocycles. The maximum absolute atomic E-state index is 12.7. The lowest BCUT2D eigenvalue weighted by Gasteiger charge is -2.20. The molecule has 5 nitrogen and oxygen atoms in total. The summed E-state index contributed by atoms with van der Waals surface area (Å²) in [6, 6.07) is 11.9. The number of methoxy groups -OCH3 is 2. The van der Waals surface area contributed by atoms with Gasteiger partial charge in [0, 0.05) is 18.1 Å². The van der Waals surface area contributed by atoms with Crippen molar-refractivity contribution in [1.82, 2.24) is 4.31 Å². The van der Waals surface area contributed by atoms with Gasteiger partial charge < -0.3 is 9.47 Å². The minimum Gasteiger partial charge on any atom is -0.496 e. The summed E-state index contributed by atoms with van der Waals surface area (Å²) in [7, 11) is 1.01. The third kappa shape index (κ3) is 3.85. The second-order valence-corrected chi connectivity index (χ2v) is 7.82. The van der Waals surface area contributed by atoms with Gasteiger partial charge in [0.05, 0.1) is 24.7 Å². The molecule has 0 amide bonds. The summed E-state index contributed by atoms with van der Waals surface area (Å²) in [6.45, 7) is 0.144. The number of benzene rings is 2. The lowest BCUT2D eigenvalue weighted by molar-refractivity contribution is 0.371. The smallest absolute Gasteiger partial charge is 0.243 e. The van der Waals surface area contributed by atoms with Crippen LogP contribution in [0.15, 0.2) is 51.8 Å². The fraction of sp³-hybridized carbons (Fsp3) is 0.250. The Bertz CT molecular complexity index is 753. The normalized spacial score (nSPS) is 11.5. The summed E-state index contributed by atoms with van der Waals surface area (Å²) < 4.78 is 38.1. The summed E-state index contributed by atoms with van der Waals surface area (Å²) >= 11 is 3.30. The molecule has 0 aliphatic rings. The largest absolute Gasteiger partial charge is 0.496 e. The quantitative estimate of drug-likeness (QED) is 0.747. The molecule has 0 heterocycles. The molecule has 2 rings (SSSR count). The highest BCUT2D eigenvalue weighted by molar-refractivity contribution is 9.10. The van der Waals surface area contributed by atoms with Crippen molar-refractivity contribution in [2.24, 2.45) is 0 Å². The van der Waals surface area contributed by atoms with E-state index in [1.807, 2.05) is 0 Å². The predicted octanol–water partition coefficient (Wildman–Crippen LogP) is 3.29. The third-order valence-corrected chi connectivity index (χ3v) is 5.78. The van der Waals surface area contributed by atoms with Crippen molar-refractivity contribution in [3.63, 3.8) is 0 Å². The molecule has 0 bridgehead atoms.